The molecule has 2 aromatic heterocycles. The van der Waals surface area contributed by atoms with Crippen molar-refractivity contribution in [2.75, 3.05) is 6.54 Å². The number of imidazole rings is 1. The van der Waals surface area contributed by atoms with E-state index in [0.717, 1.165) is 29.4 Å². The first-order valence-corrected chi connectivity index (χ1v) is 9.89. The van der Waals surface area contributed by atoms with Crippen LogP contribution in [0.2, 0.25) is 0 Å². The van der Waals surface area contributed by atoms with Gasteiger partial charge in [-0.3, -0.25) is 0 Å². The van der Waals surface area contributed by atoms with E-state index in [4.69, 9.17) is 4.74 Å². The smallest absolute Gasteiger partial charge is 0.407 e. The van der Waals surface area contributed by atoms with Crippen molar-refractivity contribution in [2.45, 2.75) is 64.6 Å². The number of fused-ring (bicyclic) bond motifs is 1. The molecule has 28 heavy (non-hydrogen) atoms. The number of nitrogens with zero attached hydrogens (tertiary/aromatic N) is 3. The van der Waals surface area contributed by atoms with Gasteiger partial charge in [0.05, 0.1) is 24.7 Å². The standard InChI is InChI=1S/C21H29N5O2/c1-21(2,3)28-20(27)24-12-17-14-26-13-16(7-8-19(26)25-17)18(9-10-22)23-11-15-5-4-6-15/h7-8,13-15,18,23H,4-6,9,11-12H2,1-3H3,(H,24,27). The highest BCUT2D eigenvalue weighted by atomic mass is 16.6. The lowest BCUT2D eigenvalue weighted by atomic mass is 9.85. The molecule has 150 valence electrons. The van der Waals surface area contributed by atoms with Gasteiger partial charge in [0.2, 0.25) is 0 Å². The van der Waals surface area contributed by atoms with Crippen molar-refractivity contribution in [2.24, 2.45) is 5.92 Å². The Morgan fingerprint density at radius 1 is 1.39 bits per heavy atom. The maximum atomic E-state index is 11.8. The minimum Gasteiger partial charge on any atom is -0.444 e. The van der Waals surface area contributed by atoms with Gasteiger partial charge in [0.25, 0.3) is 0 Å². The fourth-order valence-corrected chi connectivity index (χ4v) is 3.23. The van der Waals surface area contributed by atoms with Gasteiger partial charge < -0.3 is 19.8 Å². The third kappa shape index (κ3) is 5.46. The summed E-state index contributed by atoms with van der Waals surface area (Å²) in [4.78, 5) is 16.3. The van der Waals surface area contributed by atoms with Gasteiger partial charge in [-0.05, 0) is 57.7 Å². The lowest BCUT2D eigenvalue weighted by Crippen LogP contribution is -2.32. The van der Waals surface area contributed by atoms with E-state index >= 15 is 0 Å². The van der Waals surface area contributed by atoms with E-state index in [1.54, 1.807) is 0 Å². The SMILES string of the molecule is CC(C)(C)OC(=O)NCc1cn2cc(C(CC#N)NCC3CCC3)ccc2n1. The Kier molecular flexibility index (Phi) is 6.20. The summed E-state index contributed by atoms with van der Waals surface area (Å²) in [5, 5.41) is 15.5. The molecule has 1 aliphatic rings. The van der Waals surface area contributed by atoms with Gasteiger partial charge in [0.1, 0.15) is 11.2 Å². The van der Waals surface area contributed by atoms with Crippen LogP contribution < -0.4 is 10.6 Å². The second-order valence-electron chi connectivity index (χ2n) is 8.44. The van der Waals surface area contributed by atoms with E-state index in [-0.39, 0.29) is 6.04 Å². The van der Waals surface area contributed by atoms with Gasteiger partial charge in [-0.2, -0.15) is 5.26 Å². The number of rotatable bonds is 7. The van der Waals surface area contributed by atoms with Crippen molar-refractivity contribution >= 4 is 11.7 Å². The summed E-state index contributed by atoms with van der Waals surface area (Å²) in [6.45, 7) is 6.74. The molecule has 2 N–H and O–H groups in total. The number of amides is 1. The van der Waals surface area contributed by atoms with Crippen LogP contribution in [0.3, 0.4) is 0 Å². The van der Waals surface area contributed by atoms with Crippen LogP contribution in [0, 0.1) is 17.2 Å². The molecule has 0 spiro atoms. The molecule has 2 heterocycles. The van der Waals surface area contributed by atoms with Crippen molar-refractivity contribution in [1.82, 2.24) is 20.0 Å². The van der Waals surface area contributed by atoms with Gasteiger partial charge in [-0.15, -0.1) is 0 Å². The van der Waals surface area contributed by atoms with Crippen LogP contribution in [-0.4, -0.2) is 27.6 Å². The highest BCUT2D eigenvalue weighted by Crippen LogP contribution is 2.27. The number of carbonyl (C=O) groups excluding carboxylic acids is 1. The normalized spacial score (nSPS) is 15.6. The van der Waals surface area contributed by atoms with Crippen LogP contribution in [0.25, 0.3) is 5.65 Å². The summed E-state index contributed by atoms with van der Waals surface area (Å²) < 4.78 is 7.19. The predicted octanol–water partition coefficient (Wildman–Crippen LogP) is 3.70. The molecular weight excluding hydrogens is 354 g/mol. The molecule has 7 nitrogen and oxygen atoms in total. The summed E-state index contributed by atoms with van der Waals surface area (Å²) in [5.41, 5.74) is 2.10. The summed E-state index contributed by atoms with van der Waals surface area (Å²) in [6, 6.07) is 6.26. The largest absolute Gasteiger partial charge is 0.444 e. The van der Waals surface area contributed by atoms with E-state index < -0.39 is 11.7 Å². The summed E-state index contributed by atoms with van der Waals surface area (Å²) >= 11 is 0. The number of aromatic nitrogens is 2. The van der Waals surface area contributed by atoms with Crippen molar-refractivity contribution in [3.05, 3.63) is 35.8 Å². The third-order valence-corrected chi connectivity index (χ3v) is 4.91. The summed E-state index contributed by atoms with van der Waals surface area (Å²) in [5.74, 6) is 0.740. The van der Waals surface area contributed by atoms with E-state index in [1.165, 1.54) is 19.3 Å². The lowest BCUT2D eigenvalue weighted by molar-refractivity contribution is 0.0523. The minimum atomic E-state index is -0.528. The van der Waals surface area contributed by atoms with Crippen molar-refractivity contribution in [1.29, 1.82) is 5.26 Å². The quantitative estimate of drug-likeness (QED) is 0.761. The topological polar surface area (TPSA) is 91.5 Å². The van der Waals surface area contributed by atoms with Crippen LogP contribution in [0.15, 0.2) is 24.5 Å². The van der Waals surface area contributed by atoms with Crippen molar-refractivity contribution in [3.63, 3.8) is 0 Å². The number of pyridine rings is 1. The maximum Gasteiger partial charge on any atom is 0.407 e. The zero-order valence-corrected chi connectivity index (χ0v) is 16.9. The molecule has 1 aliphatic carbocycles. The van der Waals surface area contributed by atoms with E-state index in [2.05, 4.69) is 21.7 Å². The number of ether oxygens (including phenoxy) is 1. The van der Waals surface area contributed by atoms with Gasteiger partial charge in [0.15, 0.2) is 0 Å². The molecule has 0 aromatic carbocycles. The van der Waals surface area contributed by atoms with Crippen molar-refractivity contribution < 1.29 is 9.53 Å². The average molecular weight is 383 g/mol. The zero-order valence-electron chi connectivity index (χ0n) is 16.9. The van der Waals surface area contributed by atoms with Gasteiger partial charge in [-0.1, -0.05) is 12.5 Å². The molecule has 0 bridgehead atoms. The molecule has 1 amide bonds. The second-order valence-corrected chi connectivity index (χ2v) is 8.44. The average Bonchev–Trinajstić information content (AvgIpc) is 2.98. The molecule has 0 aliphatic heterocycles. The van der Waals surface area contributed by atoms with Crippen LogP contribution in [0.1, 0.15) is 63.8 Å². The Balaban J connectivity index is 1.65. The monoisotopic (exact) mass is 383 g/mol. The highest BCUT2D eigenvalue weighted by Gasteiger charge is 2.20. The summed E-state index contributed by atoms with van der Waals surface area (Å²) in [6.07, 6.45) is 7.75. The number of nitriles is 1. The molecule has 0 saturated heterocycles. The Morgan fingerprint density at radius 2 is 2.18 bits per heavy atom. The first-order chi connectivity index (χ1) is 13.3. The van der Waals surface area contributed by atoms with Gasteiger partial charge >= 0.3 is 6.09 Å². The Labute approximate surface area is 166 Å². The number of hydrogen-bond acceptors (Lipinski definition) is 5. The number of nitrogens with one attached hydrogen (secondary N) is 2. The van der Waals surface area contributed by atoms with Crippen LogP contribution >= 0.6 is 0 Å². The minimum absolute atomic E-state index is 0.0146. The summed E-state index contributed by atoms with van der Waals surface area (Å²) in [7, 11) is 0. The highest BCUT2D eigenvalue weighted by molar-refractivity contribution is 5.67. The Bertz CT molecular complexity index is 858. The molecule has 1 fully saturated rings. The van der Waals surface area contributed by atoms with E-state index in [1.807, 2.05) is 49.7 Å². The fourth-order valence-electron chi connectivity index (χ4n) is 3.23. The molecule has 3 rings (SSSR count). The first kappa shape index (κ1) is 20.2. The van der Waals surface area contributed by atoms with Crippen LogP contribution in [0.5, 0.6) is 0 Å². The molecule has 7 heteroatoms. The fraction of sp³-hybridized carbons (Fsp3) is 0.571. The number of hydrogen-bond donors (Lipinski definition) is 2. The number of carbonyl (C=O) groups is 1. The predicted molar refractivity (Wildman–Crippen MR) is 107 cm³/mol. The maximum absolute atomic E-state index is 11.8. The van der Waals surface area contributed by atoms with Gasteiger partial charge in [-0.25, -0.2) is 9.78 Å². The molecule has 2 aromatic rings. The van der Waals surface area contributed by atoms with E-state index in [0.29, 0.717) is 13.0 Å². The third-order valence-electron chi connectivity index (χ3n) is 4.91. The Morgan fingerprint density at radius 3 is 2.82 bits per heavy atom. The molecular formula is C21H29N5O2. The second kappa shape index (κ2) is 8.61. The molecule has 0 radical (unpaired) electrons. The van der Waals surface area contributed by atoms with Gasteiger partial charge in [0, 0.05) is 18.4 Å². The number of alkyl carbamates (subject to hydrolysis) is 1. The first-order valence-electron chi connectivity index (χ1n) is 9.89. The zero-order chi connectivity index (χ0) is 20.1. The van der Waals surface area contributed by atoms with E-state index in [9.17, 15) is 10.1 Å². The Hall–Kier alpha value is -2.59. The molecule has 1 saturated carbocycles. The van der Waals surface area contributed by atoms with Crippen LogP contribution in [-0.2, 0) is 11.3 Å². The lowest BCUT2D eigenvalue weighted by Gasteiger charge is -2.28. The van der Waals surface area contributed by atoms with Crippen LogP contribution in [0.4, 0.5) is 4.79 Å². The molecule has 1 atom stereocenters. The molecule has 1 unspecified atom stereocenters. The van der Waals surface area contributed by atoms with Crippen molar-refractivity contribution in [3.8, 4) is 6.07 Å².